The first kappa shape index (κ1) is 17.8. The second kappa shape index (κ2) is 10.4. The third kappa shape index (κ3) is 7.47. The lowest BCUT2D eigenvalue weighted by molar-refractivity contribution is -0.127. The Kier molecular flexibility index (Phi) is 8.42. The van der Waals surface area contributed by atoms with Gasteiger partial charge in [0.15, 0.2) is 5.96 Å². The van der Waals surface area contributed by atoms with Gasteiger partial charge in [-0.05, 0) is 18.4 Å². The number of benzene rings is 1. The summed E-state index contributed by atoms with van der Waals surface area (Å²) in [5, 5.41) is 6.35. The summed E-state index contributed by atoms with van der Waals surface area (Å²) in [6, 6.07) is 10.4. The number of likely N-dealkylation sites (N-methyl/N-ethyl adjacent to an activating group) is 1. The van der Waals surface area contributed by atoms with E-state index in [-0.39, 0.29) is 12.5 Å². The number of nitrogens with zero attached hydrogens (tertiary/aromatic N) is 2. The van der Waals surface area contributed by atoms with E-state index in [9.17, 15) is 4.79 Å². The zero-order chi connectivity index (χ0) is 16.2. The predicted octanol–water partition coefficient (Wildman–Crippen LogP) is 1.43. The molecule has 0 heterocycles. The van der Waals surface area contributed by atoms with E-state index in [0.29, 0.717) is 12.5 Å². The third-order valence-corrected chi connectivity index (χ3v) is 3.06. The molecule has 1 aromatic carbocycles. The molecule has 0 saturated carbocycles. The van der Waals surface area contributed by atoms with E-state index < -0.39 is 0 Å². The van der Waals surface area contributed by atoms with Crippen LogP contribution in [0.3, 0.4) is 0 Å². The van der Waals surface area contributed by atoms with E-state index in [1.54, 1.807) is 20.2 Å². The molecule has 0 unspecified atom stereocenters. The van der Waals surface area contributed by atoms with Crippen LogP contribution in [0.25, 0.3) is 0 Å². The number of hydrogen-bond donors (Lipinski definition) is 2. The first-order chi connectivity index (χ1) is 10.6. The van der Waals surface area contributed by atoms with E-state index >= 15 is 0 Å². The number of carbonyl (C=O) groups excluding carboxylic acids is 1. The molecular formula is C17H26N4O. The quantitative estimate of drug-likeness (QED) is 0.330. The van der Waals surface area contributed by atoms with E-state index in [1.165, 1.54) is 10.5 Å². The van der Waals surface area contributed by atoms with Crippen LogP contribution in [0.5, 0.6) is 0 Å². The van der Waals surface area contributed by atoms with Crippen LogP contribution in [0.2, 0.25) is 0 Å². The van der Waals surface area contributed by atoms with Crippen LogP contribution in [0.1, 0.15) is 12.0 Å². The van der Waals surface area contributed by atoms with Crippen LogP contribution in [0.15, 0.2) is 48.0 Å². The highest BCUT2D eigenvalue weighted by Crippen LogP contribution is 2.01. The molecule has 2 N–H and O–H groups in total. The molecule has 1 amide bonds. The number of carbonyl (C=O) groups is 1. The van der Waals surface area contributed by atoms with Gasteiger partial charge in [-0.15, -0.1) is 6.58 Å². The van der Waals surface area contributed by atoms with Crippen molar-refractivity contribution in [1.29, 1.82) is 0 Å². The number of nitrogens with one attached hydrogen (secondary N) is 2. The Balaban J connectivity index is 2.38. The number of guanidine groups is 1. The summed E-state index contributed by atoms with van der Waals surface area (Å²) in [4.78, 5) is 17.4. The van der Waals surface area contributed by atoms with E-state index in [4.69, 9.17) is 0 Å². The Bertz CT molecular complexity index is 483. The summed E-state index contributed by atoms with van der Waals surface area (Å²) in [6.45, 7) is 5.22. The molecule has 0 spiro atoms. The van der Waals surface area contributed by atoms with Gasteiger partial charge < -0.3 is 15.5 Å². The summed E-state index contributed by atoms with van der Waals surface area (Å²) >= 11 is 0. The van der Waals surface area contributed by atoms with Gasteiger partial charge in [0.1, 0.15) is 6.54 Å². The smallest absolute Gasteiger partial charge is 0.243 e. The van der Waals surface area contributed by atoms with E-state index in [0.717, 1.165) is 19.4 Å². The molecule has 5 heteroatoms. The number of rotatable bonds is 8. The summed E-state index contributed by atoms with van der Waals surface area (Å²) in [7, 11) is 3.45. The monoisotopic (exact) mass is 302 g/mol. The van der Waals surface area contributed by atoms with Gasteiger partial charge >= 0.3 is 0 Å². The fourth-order valence-electron chi connectivity index (χ4n) is 1.78. The Morgan fingerprint density at radius 2 is 2.00 bits per heavy atom. The lowest BCUT2D eigenvalue weighted by Gasteiger charge is -2.12. The molecule has 120 valence electrons. The molecule has 22 heavy (non-hydrogen) atoms. The zero-order valence-electron chi connectivity index (χ0n) is 13.5. The highest BCUT2D eigenvalue weighted by Gasteiger charge is 2.03. The Morgan fingerprint density at radius 1 is 1.27 bits per heavy atom. The molecule has 0 aliphatic carbocycles. The minimum Gasteiger partial charge on any atom is -0.356 e. The van der Waals surface area contributed by atoms with Gasteiger partial charge in [0.2, 0.25) is 5.91 Å². The van der Waals surface area contributed by atoms with Crippen molar-refractivity contribution in [3.63, 3.8) is 0 Å². The molecule has 0 bridgehead atoms. The standard InChI is InChI=1S/C17H26N4O/c1-4-12-18-17(20-14-16(22)21(2)3)19-13-8-11-15-9-6-5-7-10-15/h4-7,9-10H,1,8,11-14H2,2-3H3,(H2,18,19,20). The molecule has 0 radical (unpaired) electrons. The van der Waals surface area contributed by atoms with Crippen molar-refractivity contribution in [2.24, 2.45) is 4.99 Å². The molecule has 0 fully saturated rings. The number of aliphatic imine (C=N–C) groups is 1. The average molecular weight is 302 g/mol. The maximum atomic E-state index is 11.6. The first-order valence-corrected chi connectivity index (χ1v) is 7.50. The number of amides is 1. The Hall–Kier alpha value is -2.30. The van der Waals surface area contributed by atoms with Gasteiger partial charge in [0.25, 0.3) is 0 Å². The van der Waals surface area contributed by atoms with Crippen LogP contribution in [0, 0.1) is 0 Å². The molecule has 0 aromatic heterocycles. The maximum Gasteiger partial charge on any atom is 0.243 e. The molecular weight excluding hydrogens is 276 g/mol. The average Bonchev–Trinajstić information content (AvgIpc) is 2.53. The third-order valence-electron chi connectivity index (χ3n) is 3.06. The summed E-state index contributed by atoms with van der Waals surface area (Å²) in [5.41, 5.74) is 1.32. The number of hydrogen-bond acceptors (Lipinski definition) is 2. The first-order valence-electron chi connectivity index (χ1n) is 7.50. The molecule has 0 saturated heterocycles. The Labute approximate surface area is 133 Å². The summed E-state index contributed by atoms with van der Waals surface area (Å²) in [5.74, 6) is 0.618. The molecule has 1 aromatic rings. The normalized spacial score (nSPS) is 10.9. The van der Waals surface area contributed by atoms with Gasteiger partial charge in [0, 0.05) is 27.2 Å². The highest BCUT2D eigenvalue weighted by atomic mass is 16.2. The second-order valence-electron chi connectivity index (χ2n) is 5.14. The van der Waals surface area contributed by atoms with E-state index in [2.05, 4.69) is 34.3 Å². The van der Waals surface area contributed by atoms with Crippen LogP contribution in [-0.2, 0) is 11.2 Å². The largest absolute Gasteiger partial charge is 0.356 e. The predicted molar refractivity (Wildman–Crippen MR) is 92.0 cm³/mol. The lowest BCUT2D eigenvalue weighted by Crippen LogP contribution is -2.39. The van der Waals surface area contributed by atoms with Gasteiger partial charge in [-0.25, -0.2) is 4.99 Å². The van der Waals surface area contributed by atoms with Crippen LogP contribution in [0.4, 0.5) is 0 Å². The molecule has 0 aliphatic rings. The maximum absolute atomic E-state index is 11.6. The van der Waals surface area contributed by atoms with Crippen molar-refractivity contribution < 1.29 is 4.79 Å². The highest BCUT2D eigenvalue weighted by molar-refractivity contribution is 5.84. The fraction of sp³-hybridized carbons (Fsp3) is 0.412. The fourth-order valence-corrected chi connectivity index (χ4v) is 1.78. The van der Waals surface area contributed by atoms with Crippen molar-refractivity contribution in [3.05, 3.63) is 48.6 Å². The summed E-state index contributed by atoms with van der Waals surface area (Å²) in [6.07, 6.45) is 3.77. The van der Waals surface area contributed by atoms with Crippen molar-refractivity contribution in [2.45, 2.75) is 12.8 Å². The SMILES string of the molecule is C=CCNC(=NCC(=O)N(C)C)NCCCc1ccccc1. The van der Waals surface area contributed by atoms with Gasteiger partial charge in [-0.2, -0.15) is 0 Å². The Morgan fingerprint density at radius 3 is 2.64 bits per heavy atom. The van der Waals surface area contributed by atoms with Crippen molar-refractivity contribution in [3.8, 4) is 0 Å². The lowest BCUT2D eigenvalue weighted by atomic mass is 10.1. The van der Waals surface area contributed by atoms with Gasteiger partial charge in [-0.1, -0.05) is 36.4 Å². The van der Waals surface area contributed by atoms with Crippen molar-refractivity contribution in [2.75, 3.05) is 33.7 Å². The molecule has 5 nitrogen and oxygen atoms in total. The summed E-state index contributed by atoms with van der Waals surface area (Å²) < 4.78 is 0. The zero-order valence-corrected chi connectivity index (χ0v) is 13.5. The molecule has 0 atom stereocenters. The minimum atomic E-state index is -0.0241. The van der Waals surface area contributed by atoms with Crippen molar-refractivity contribution >= 4 is 11.9 Å². The molecule has 1 rings (SSSR count). The van der Waals surface area contributed by atoms with Gasteiger partial charge in [0.05, 0.1) is 0 Å². The van der Waals surface area contributed by atoms with Crippen LogP contribution in [-0.4, -0.2) is 50.5 Å². The van der Waals surface area contributed by atoms with Crippen molar-refractivity contribution in [1.82, 2.24) is 15.5 Å². The molecule has 0 aliphatic heterocycles. The minimum absolute atomic E-state index is 0.0241. The van der Waals surface area contributed by atoms with E-state index in [1.807, 2.05) is 18.2 Å². The second-order valence-corrected chi connectivity index (χ2v) is 5.14. The topological polar surface area (TPSA) is 56.7 Å². The number of aryl methyl sites for hydroxylation is 1. The van der Waals surface area contributed by atoms with Gasteiger partial charge in [-0.3, -0.25) is 4.79 Å². The van der Waals surface area contributed by atoms with Crippen LogP contribution >= 0.6 is 0 Å². The van der Waals surface area contributed by atoms with Crippen LogP contribution < -0.4 is 10.6 Å².